The van der Waals surface area contributed by atoms with Crippen molar-refractivity contribution in [2.75, 3.05) is 13.1 Å². The number of nitrogens with zero attached hydrogens (tertiary/aromatic N) is 1. The Hall–Kier alpha value is -2.32. The van der Waals surface area contributed by atoms with E-state index in [1.54, 1.807) is 0 Å². The van der Waals surface area contributed by atoms with E-state index >= 15 is 0 Å². The van der Waals surface area contributed by atoms with Gasteiger partial charge in [0.2, 0.25) is 0 Å². The fourth-order valence-electron chi connectivity index (χ4n) is 3.71. The Bertz CT molecular complexity index is 915. The van der Waals surface area contributed by atoms with Crippen LogP contribution < -0.4 is 5.32 Å². The predicted octanol–water partition coefficient (Wildman–Crippen LogP) is 4.68. The van der Waals surface area contributed by atoms with E-state index in [4.69, 9.17) is 0 Å². The van der Waals surface area contributed by atoms with Crippen LogP contribution in [0.2, 0.25) is 0 Å². The molecule has 2 heteroatoms. The number of aryl methyl sites for hydroxylation is 2. The Kier molecular flexibility index (Phi) is 3.99. The highest BCUT2D eigenvalue weighted by Crippen LogP contribution is 2.30. The van der Waals surface area contributed by atoms with E-state index in [0.29, 0.717) is 0 Å². The first kappa shape index (κ1) is 15.2. The largest absolute Gasteiger partial charge is 0.342 e. The predicted molar refractivity (Wildman–Crippen MR) is 102 cm³/mol. The van der Waals surface area contributed by atoms with Crippen LogP contribution in [0.5, 0.6) is 0 Å². The summed E-state index contributed by atoms with van der Waals surface area (Å²) in [7, 11) is 0. The molecule has 2 aromatic carbocycles. The Labute approximate surface area is 143 Å². The Balaban J connectivity index is 1.79. The van der Waals surface area contributed by atoms with Crippen LogP contribution in [-0.4, -0.2) is 17.7 Å². The minimum absolute atomic E-state index is 0.929. The van der Waals surface area contributed by atoms with Gasteiger partial charge in [-0.05, 0) is 49.6 Å². The fraction of sp³-hybridized carbons (Fsp3) is 0.273. The molecule has 0 unspecified atom stereocenters. The quantitative estimate of drug-likeness (QED) is 0.742. The van der Waals surface area contributed by atoms with Crippen molar-refractivity contribution in [2.45, 2.75) is 26.8 Å². The monoisotopic (exact) mass is 316 g/mol. The van der Waals surface area contributed by atoms with Gasteiger partial charge in [0.05, 0.1) is 0 Å². The standard InChI is InChI=1S/C22H24N2/c1-16-7-8-19(17(2)13-16)14-24-15-21(18-9-11-23-12-10-18)20-5-3-4-6-22(20)24/h3-9,13,15,23H,10-12,14H2,1-2H3. The number of para-hydroxylation sites is 1. The van der Waals surface area contributed by atoms with E-state index in [-0.39, 0.29) is 0 Å². The summed E-state index contributed by atoms with van der Waals surface area (Å²) in [5.74, 6) is 0. The molecule has 0 spiro atoms. The summed E-state index contributed by atoms with van der Waals surface area (Å²) in [5.41, 5.74) is 8.30. The number of nitrogens with one attached hydrogen (secondary N) is 1. The average Bonchev–Trinajstić information content (AvgIpc) is 2.97. The molecule has 0 fully saturated rings. The summed E-state index contributed by atoms with van der Waals surface area (Å²) < 4.78 is 2.41. The Morgan fingerprint density at radius 1 is 1.08 bits per heavy atom. The molecular formula is C22H24N2. The van der Waals surface area contributed by atoms with E-state index in [1.165, 1.54) is 38.7 Å². The van der Waals surface area contributed by atoms with Gasteiger partial charge in [0.15, 0.2) is 0 Å². The highest BCUT2D eigenvalue weighted by atomic mass is 15.0. The molecule has 1 aliphatic heterocycles. The van der Waals surface area contributed by atoms with Crippen LogP contribution in [0.25, 0.3) is 16.5 Å². The highest BCUT2D eigenvalue weighted by molar-refractivity contribution is 5.93. The third kappa shape index (κ3) is 2.78. The van der Waals surface area contributed by atoms with E-state index in [2.05, 4.69) is 78.5 Å². The number of hydrogen-bond donors (Lipinski definition) is 1. The molecule has 1 N–H and O–H groups in total. The number of fused-ring (bicyclic) bond motifs is 1. The summed E-state index contributed by atoms with van der Waals surface area (Å²) in [6.07, 6.45) is 5.80. The van der Waals surface area contributed by atoms with Crippen LogP contribution in [0.4, 0.5) is 0 Å². The van der Waals surface area contributed by atoms with E-state index in [9.17, 15) is 0 Å². The van der Waals surface area contributed by atoms with Crippen LogP contribution >= 0.6 is 0 Å². The lowest BCUT2D eigenvalue weighted by Gasteiger charge is -2.13. The minimum atomic E-state index is 0.929. The molecule has 0 aliphatic carbocycles. The molecule has 0 atom stereocenters. The van der Waals surface area contributed by atoms with E-state index in [0.717, 1.165) is 26.1 Å². The van der Waals surface area contributed by atoms with Crippen molar-refractivity contribution in [2.24, 2.45) is 0 Å². The highest BCUT2D eigenvalue weighted by Gasteiger charge is 2.14. The molecular weight excluding hydrogens is 292 g/mol. The topological polar surface area (TPSA) is 17.0 Å². The maximum Gasteiger partial charge on any atom is 0.0489 e. The normalized spacial score (nSPS) is 14.8. The lowest BCUT2D eigenvalue weighted by molar-refractivity contribution is 0.738. The van der Waals surface area contributed by atoms with Gasteiger partial charge in [-0.25, -0.2) is 0 Å². The van der Waals surface area contributed by atoms with Crippen molar-refractivity contribution >= 4 is 16.5 Å². The van der Waals surface area contributed by atoms with Gasteiger partial charge >= 0.3 is 0 Å². The molecule has 0 bridgehead atoms. The molecule has 24 heavy (non-hydrogen) atoms. The summed E-state index contributed by atoms with van der Waals surface area (Å²) in [6.45, 7) is 7.35. The van der Waals surface area contributed by atoms with Crippen molar-refractivity contribution in [3.05, 3.63) is 77.0 Å². The summed E-state index contributed by atoms with van der Waals surface area (Å²) in [4.78, 5) is 0. The van der Waals surface area contributed by atoms with Gasteiger partial charge in [-0.2, -0.15) is 0 Å². The summed E-state index contributed by atoms with van der Waals surface area (Å²) in [5, 5.41) is 4.78. The Morgan fingerprint density at radius 3 is 2.75 bits per heavy atom. The molecule has 0 saturated heterocycles. The SMILES string of the molecule is Cc1ccc(Cn2cc(C3=CCNCC3)c3ccccc32)c(C)c1. The van der Waals surface area contributed by atoms with Gasteiger partial charge in [0.25, 0.3) is 0 Å². The van der Waals surface area contributed by atoms with Crippen molar-refractivity contribution in [1.29, 1.82) is 0 Å². The zero-order valence-corrected chi connectivity index (χ0v) is 14.5. The number of hydrogen-bond acceptors (Lipinski definition) is 1. The minimum Gasteiger partial charge on any atom is -0.342 e. The molecule has 1 aromatic heterocycles. The van der Waals surface area contributed by atoms with Gasteiger partial charge in [-0.1, -0.05) is 48.0 Å². The molecule has 0 radical (unpaired) electrons. The average molecular weight is 316 g/mol. The molecule has 4 rings (SSSR count). The molecule has 0 amide bonds. The lowest BCUT2D eigenvalue weighted by atomic mass is 10.00. The summed E-state index contributed by atoms with van der Waals surface area (Å²) in [6, 6.07) is 15.5. The number of rotatable bonds is 3. The molecule has 3 aromatic rings. The third-order valence-corrected chi connectivity index (χ3v) is 5.04. The van der Waals surface area contributed by atoms with Gasteiger partial charge in [0.1, 0.15) is 0 Å². The van der Waals surface area contributed by atoms with Gasteiger partial charge in [-0.15, -0.1) is 0 Å². The van der Waals surface area contributed by atoms with E-state index < -0.39 is 0 Å². The summed E-state index contributed by atoms with van der Waals surface area (Å²) >= 11 is 0. The first-order chi connectivity index (χ1) is 11.7. The third-order valence-electron chi connectivity index (χ3n) is 5.04. The molecule has 0 saturated carbocycles. The number of aromatic nitrogens is 1. The Morgan fingerprint density at radius 2 is 1.96 bits per heavy atom. The second kappa shape index (κ2) is 6.29. The van der Waals surface area contributed by atoms with Gasteiger partial charge < -0.3 is 9.88 Å². The molecule has 122 valence electrons. The van der Waals surface area contributed by atoms with Crippen LogP contribution in [0.15, 0.2) is 54.7 Å². The maximum absolute atomic E-state index is 3.41. The van der Waals surface area contributed by atoms with Crippen molar-refractivity contribution in [1.82, 2.24) is 9.88 Å². The van der Waals surface area contributed by atoms with Crippen LogP contribution in [0.3, 0.4) is 0 Å². The number of benzene rings is 2. The second-order valence-electron chi connectivity index (χ2n) is 6.80. The zero-order chi connectivity index (χ0) is 16.5. The fourth-order valence-corrected chi connectivity index (χ4v) is 3.71. The van der Waals surface area contributed by atoms with E-state index in [1.807, 2.05) is 0 Å². The zero-order valence-electron chi connectivity index (χ0n) is 14.5. The van der Waals surface area contributed by atoms with Gasteiger partial charge in [-0.3, -0.25) is 0 Å². The first-order valence-electron chi connectivity index (χ1n) is 8.76. The van der Waals surface area contributed by atoms with Crippen molar-refractivity contribution in [3.8, 4) is 0 Å². The molecule has 2 nitrogen and oxygen atoms in total. The molecule has 1 aliphatic rings. The second-order valence-corrected chi connectivity index (χ2v) is 6.80. The van der Waals surface area contributed by atoms with Crippen molar-refractivity contribution in [3.63, 3.8) is 0 Å². The smallest absolute Gasteiger partial charge is 0.0489 e. The van der Waals surface area contributed by atoms with Crippen LogP contribution in [-0.2, 0) is 6.54 Å². The lowest BCUT2D eigenvalue weighted by Crippen LogP contribution is -2.19. The van der Waals surface area contributed by atoms with Gasteiger partial charge in [0, 0.05) is 35.8 Å². The van der Waals surface area contributed by atoms with Crippen LogP contribution in [0.1, 0.15) is 28.7 Å². The van der Waals surface area contributed by atoms with Crippen LogP contribution in [0, 0.1) is 13.8 Å². The maximum atomic E-state index is 3.41. The first-order valence-corrected chi connectivity index (χ1v) is 8.76. The van der Waals surface area contributed by atoms with Crippen molar-refractivity contribution < 1.29 is 0 Å². The molecule has 2 heterocycles.